The van der Waals surface area contributed by atoms with E-state index >= 15 is 0 Å². The highest BCUT2D eigenvalue weighted by molar-refractivity contribution is 7.13. The smallest absolute Gasteiger partial charge is 0.328 e. The van der Waals surface area contributed by atoms with E-state index in [1.165, 1.54) is 32.2 Å². The van der Waals surface area contributed by atoms with E-state index in [0.717, 1.165) is 5.56 Å². The Morgan fingerprint density at radius 2 is 1.66 bits per heavy atom. The molecule has 53 heavy (non-hydrogen) atoms. The second kappa shape index (κ2) is 16.7. The number of benzene rings is 1. The Labute approximate surface area is 311 Å². The third kappa shape index (κ3) is 8.77. The van der Waals surface area contributed by atoms with E-state index in [4.69, 9.17) is 4.74 Å². The van der Waals surface area contributed by atoms with Crippen LogP contribution in [0.1, 0.15) is 57.9 Å². The summed E-state index contributed by atoms with van der Waals surface area (Å²) in [6.07, 6.45) is 4.54. The quantitative estimate of drug-likeness (QED) is 0.312. The number of amides is 7. The van der Waals surface area contributed by atoms with Crippen molar-refractivity contribution in [3.05, 3.63) is 47.5 Å². The molecule has 4 saturated heterocycles. The molecule has 0 saturated carbocycles. The topological polar surface area (TPSA) is 199 Å². The summed E-state index contributed by atoms with van der Waals surface area (Å²) in [5.41, 5.74) is 0.734. The molecular weight excluding hydrogens is 705 g/mol. The first-order valence-electron chi connectivity index (χ1n) is 18.2. The minimum Gasteiger partial charge on any atom is -0.461 e. The number of aromatic nitrogens is 1. The van der Waals surface area contributed by atoms with Crippen molar-refractivity contribution in [2.24, 2.45) is 5.92 Å². The third-order valence-corrected chi connectivity index (χ3v) is 11.0. The Hall–Kier alpha value is -5.06. The number of nitrogens with zero attached hydrogens (tertiary/aromatic N) is 4. The summed E-state index contributed by atoms with van der Waals surface area (Å²) >= 11 is 1.20. The lowest BCUT2D eigenvalue weighted by molar-refractivity contribution is -0.158. The van der Waals surface area contributed by atoms with E-state index in [1.54, 1.807) is 36.6 Å². The maximum absolute atomic E-state index is 14.4. The average Bonchev–Trinajstić information content (AvgIpc) is 3.94. The highest BCUT2D eigenvalue weighted by atomic mass is 32.1. The van der Waals surface area contributed by atoms with Crippen LogP contribution in [0.2, 0.25) is 0 Å². The normalized spacial score (nSPS) is 27.6. The van der Waals surface area contributed by atoms with Gasteiger partial charge >= 0.3 is 12.0 Å². The lowest BCUT2D eigenvalue weighted by Gasteiger charge is -2.39. The number of hydrogen-bond acceptors (Lipinski definition) is 10. The fourth-order valence-electron chi connectivity index (χ4n) is 7.62. The molecule has 4 fully saturated rings. The second-order valence-corrected chi connectivity index (χ2v) is 15.1. The molecule has 0 radical (unpaired) electrons. The molecule has 1 aromatic heterocycles. The number of thiazole rings is 1. The molecule has 0 bridgehead atoms. The number of fused-ring (bicyclic) bond motifs is 3. The molecule has 0 unspecified atom stereocenters. The maximum atomic E-state index is 14.4. The van der Waals surface area contributed by atoms with Crippen LogP contribution in [0.3, 0.4) is 0 Å². The van der Waals surface area contributed by atoms with E-state index < -0.39 is 78.5 Å². The van der Waals surface area contributed by atoms with Crippen molar-refractivity contribution >= 4 is 58.0 Å². The highest BCUT2D eigenvalue weighted by Crippen LogP contribution is 2.28. The minimum atomic E-state index is -1.43. The number of urea groups is 1. The molecule has 17 heteroatoms. The van der Waals surface area contributed by atoms with Gasteiger partial charge in [-0.2, -0.15) is 0 Å². The van der Waals surface area contributed by atoms with Gasteiger partial charge in [0.15, 0.2) is 5.13 Å². The van der Waals surface area contributed by atoms with Gasteiger partial charge in [-0.1, -0.05) is 37.3 Å². The van der Waals surface area contributed by atoms with Crippen molar-refractivity contribution in [2.45, 2.75) is 95.0 Å². The number of piperidine rings is 1. The van der Waals surface area contributed by atoms with Gasteiger partial charge in [0, 0.05) is 37.6 Å². The number of anilines is 1. The minimum absolute atomic E-state index is 0.0456. The first-order valence-corrected chi connectivity index (χ1v) is 19.1. The molecule has 7 amide bonds. The Balaban J connectivity index is 1.30. The van der Waals surface area contributed by atoms with Crippen LogP contribution in [0.4, 0.5) is 9.93 Å². The van der Waals surface area contributed by atoms with Crippen LogP contribution in [-0.4, -0.2) is 124 Å². The van der Waals surface area contributed by atoms with E-state index in [1.807, 2.05) is 13.0 Å². The first-order chi connectivity index (χ1) is 25.5. The Morgan fingerprint density at radius 3 is 2.42 bits per heavy atom. The van der Waals surface area contributed by atoms with Crippen LogP contribution in [0.5, 0.6) is 0 Å². The van der Waals surface area contributed by atoms with Crippen molar-refractivity contribution < 1.29 is 38.3 Å². The van der Waals surface area contributed by atoms with Gasteiger partial charge in [0.2, 0.25) is 29.5 Å². The van der Waals surface area contributed by atoms with Crippen LogP contribution in [0, 0.1) is 5.92 Å². The molecule has 4 N–H and O–H groups in total. The van der Waals surface area contributed by atoms with E-state index in [0.29, 0.717) is 50.2 Å². The summed E-state index contributed by atoms with van der Waals surface area (Å²) in [6, 6.07) is 2.04. The number of hydrogen-bond donors (Lipinski definition) is 4. The van der Waals surface area contributed by atoms with Crippen molar-refractivity contribution in [3.8, 4) is 0 Å². The number of nitrogens with one attached hydrogen (secondary N) is 4. The molecule has 6 rings (SSSR count). The van der Waals surface area contributed by atoms with Gasteiger partial charge < -0.3 is 35.4 Å². The predicted octanol–water partition coefficient (Wildman–Crippen LogP) is 1.03. The van der Waals surface area contributed by atoms with Gasteiger partial charge in [0.25, 0.3) is 0 Å². The maximum Gasteiger partial charge on any atom is 0.328 e. The summed E-state index contributed by atoms with van der Waals surface area (Å²) in [5.74, 6) is -3.47. The molecule has 5 heterocycles. The molecule has 16 nitrogen and oxygen atoms in total. The number of cyclic esters (lactones) is 1. The number of esters is 1. The summed E-state index contributed by atoms with van der Waals surface area (Å²) in [4.78, 5) is 105. The zero-order valence-corrected chi connectivity index (χ0v) is 30.6. The molecule has 0 spiro atoms. The highest BCUT2D eigenvalue weighted by Gasteiger charge is 2.46. The zero-order valence-electron chi connectivity index (χ0n) is 29.8. The molecule has 4 aliphatic heterocycles. The van der Waals surface area contributed by atoms with E-state index in [2.05, 4.69) is 26.3 Å². The number of ether oxygens (including phenoxy) is 1. The van der Waals surface area contributed by atoms with Crippen LogP contribution in [-0.2, 0) is 39.9 Å². The van der Waals surface area contributed by atoms with Gasteiger partial charge in [-0.15, -0.1) is 11.3 Å². The summed E-state index contributed by atoms with van der Waals surface area (Å²) in [6.45, 7) is 3.67. The van der Waals surface area contributed by atoms with Crippen LogP contribution in [0.15, 0.2) is 41.9 Å². The number of rotatable bonds is 6. The lowest BCUT2D eigenvalue weighted by Crippen LogP contribution is -2.62. The SMILES string of the molecule is C[C@H]1C[C@H]2C(=O)OC[C@H](NC(=O)[C@H](Cc3ccccc3)NC(=O)Nc3nccs3)C(=O)N3CCC[C@H]3C(=O)N3CCCC[C@H]3C(=O)N[C@@H](C)C(=O)N2C1. The van der Waals surface area contributed by atoms with Gasteiger partial charge in [0.05, 0.1) is 0 Å². The largest absolute Gasteiger partial charge is 0.461 e. The van der Waals surface area contributed by atoms with Gasteiger partial charge in [-0.05, 0) is 56.9 Å². The monoisotopic (exact) mass is 750 g/mol. The number of carbonyl (C=O) groups excluding carboxylic acids is 7. The van der Waals surface area contributed by atoms with Gasteiger partial charge in [-0.3, -0.25) is 29.3 Å². The molecule has 1 aromatic carbocycles. The number of carbonyl (C=O) groups is 7. The van der Waals surface area contributed by atoms with E-state index in [9.17, 15) is 33.6 Å². The fraction of sp³-hybridized carbons (Fsp3) is 0.556. The standard InChI is InChI=1S/C36H46N8O8S/c1-21-17-28-34(50)52-20-25(39-29(45)24(18-23-9-4-3-5-10-23)40-35(51)41-36-37-13-16-53-36)32(48)43-15-8-12-27(43)33(49)42-14-7-6-11-26(42)30(46)38-22(2)31(47)44(28)19-21/h3-5,9-10,13,16,21-22,24-28H,6-8,11-12,14-15,17-20H2,1-2H3,(H,38,46)(H,39,45)(H2,37,40,41,51)/t21-,22-,24-,25-,26-,27-,28-/m0/s1. The Bertz CT molecular complexity index is 1690. The van der Waals surface area contributed by atoms with E-state index in [-0.39, 0.29) is 31.3 Å². The van der Waals surface area contributed by atoms with Crippen LogP contribution < -0.4 is 21.3 Å². The van der Waals surface area contributed by atoms with Crippen molar-refractivity contribution in [2.75, 3.05) is 31.6 Å². The molecular formula is C36H46N8O8S. The zero-order chi connectivity index (χ0) is 37.6. The fourth-order valence-corrected chi connectivity index (χ4v) is 8.15. The van der Waals surface area contributed by atoms with Crippen molar-refractivity contribution in [1.29, 1.82) is 0 Å². The van der Waals surface area contributed by atoms with Crippen molar-refractivity contribution in [1.82, 2.24) is 35.6 Å². The van der Waals surface area contributed by atoms with Crippen molar-refractivity contribution in [3.63, 3.8) is 0 Å². The Kier molecular flexibility index (Phi) is 11.9. The molecule has 284 valence electrons. The summed E-state index contributed by atoms with van der Waals surface area (Å²) in [7, 11) is 0. The predicted molar refractivity (Wildman–Crippen MR) is 192 cm³/mol. The molecule has 2 aromatic rings. The second-order valence-electron chi connectivity index (χ2n) is 14.2. The lowest BCUT2D eigenvalue weighted by atomic mass is 9.99. The first kappa shape index (κ1) is 37.7. The molecule has 7 atom stereocenters. The van der Waals surface area contributed by atoms with Gasteiger partial charge in [-0.25, -0.2) is 14.6 Å². The van der Waals surface area contributed by atoms with Crippen LogP contribution in [0.25, 0.3) is 0 Å². The summed E-state index contributed by atoms with van der Waals surface area (Å²) in [5, 5.41) is 12.8. The van der Waals surface area contributed by atoms with Gasteiger partial charge in [0.1, 0.15) is 42.9 Å². The third-order valence-electron chi connectivity index (χ3n) is 10.3. The average molecular weight is 751 g/mol. The molecule has 4 aliphatic rings. The summed E-state index contributed by atoms with van der Waals surface area (Å²) < 4.78 is 5.72. The van der Waals surface area contributed by atoms with Crippen LogP contribution >= 0.6 is 11.3 Å². The Morgan fingerprint density at radius 1 is 0.925 bits per heavy atom. The molecule has 0 aliphatic carbocycles.